The highest BCUT2D eigenvalue weighted by atomic mass is 16.4. The summed E-state index contributed by atoms with van der Waals surface area (Å²) in [6.45, 7) is 1.87. The lowest BCUT2D eigenvalue weighted by Crippen LogP contribution is -2.57. The van der Waals surface area contributed by atoms with Crippen LogP contribution in [0.3, 0.4) is 0 Å². The van der Waals surface area contributed by atoms with Crippen molar-refractivity contribution in [2.24, 2.45) is 17.8 Å². The Kier molecular flexibility index (Phi) is 5.87. The Hall–Kier alpha value is -3.51. The Morgan fingerprint density at radius 1 is 0.946 bits per heavy atom. The normalized spacial score (nSPS) is 28.1. The minimum atomic E-state index is -1.50. The van der Waals surface area contributed by atoms with Crippen LogP contribution in [-0.2, 0) is 14.4 Å². The predicted octanol–water partition coefficient (Wildman–Crippen LogP) is 5.39. The standard InChI is InChI=1S/C31H32N2O4/c1-19-10-5-8-17-24(19)33-28(34)25-26(29(33)35)31(30(36)37,18-20-11-3-2-4-12-20)32-27(25)23-16-9-14-21-13-6-7-15-22(21)23/h5-10,13-17,20,25-27,32H,2-4,11-12,18H2,1H3,(H,36,37). The van der Waals surface area contributed by atoms with E-state index in [-0.39, 0.29) is 11.8 Å². The molecule has 0 spiro atoms. The van der Waals surface area contributed by atoms with Crippen LogP contribution in [0.2, 0.25) is 0 Å². The summed E-state index contributed by atoms with van der Waals surface area (Å²) in [5.41, 5.74) is 0.721. The number of carbonyl (C=O) groups excluding carboxylic acids is 2. The number of anilines is 1. The average molecular weight is 497 g/mol. The third kappa shape index (κ3) is 3.69. The summed E-state index contributed by atoms with van der Waals surface area (Å²) in [5.74, 6) is -3.32. The van der Waals surface area contributed by atoms with Crippen molar-refractivity contribution in [2.75, 3.05) is 4.90 Å². The van der Waals surface area contributed by atoms with Gasteiger partial charge in [0.2, 0.25) is 11.8 Å². The topological polar surface area (TPSA) is 86.7 Å². The molecule has 4 unspecified atom stereocenters. The summed E-state index contributed by atoms with van der Waals surface area (Å²) in [6.07, 6.45) is 5.57. The Labute approximate surface area is 216 Å². The SMILES string of the molecule is Cc1ccccc1N1C(=O)C2C(c3cccc4ccccc34)NC(CC3CCCCC3)(C(=O)O)C2C1=O. The van der Waals surface area contributed by atoms with Gasteiger partial charge in [-0.05, 0) is 47.2 Å². The Bertz CT molecular complexity index is 1390. The molecule has 0 aromatic heterocycles. The number of aliphatic carboxylic acids is 1. The van der Waals surface area contributed by atoms with Gasteiger partial charge in [-0.25, -0.2) is 4.90 Å². The van der Waals surface area contributed by atoms with Crippen LogP contribution in [0.15, 0.2) is 66.7 Å². The van der Waals surface area contributed by atoms with Gasteiger partial charge in [0.1, 0.15) is 5.54 Å². The van der Waals surface area contributed by atoms with E-state index < -0.39 is 35.3 Å². The molecule has 2 aliphatic heterocycles. The molecule has 2 heterocycles. The molecule has 1 saturated carbocycles. The zero-order valence-corrected chi connectivity index (χ0v) is 21.0. The molecular weight excluding hydrogens is 464 g/mol. The number of carbonyl (C=O) groups is 3. The molecule has 2 N–H and O–H groups in total. The van der Waals surface area contributed by atoms with E-state index in [9.17, 15) is 19.5 Å². The summed E-state index contributed by atoms with van der Waals surface area (Å²) in [4.78, 5) is 42.8. The minimum Gasteiger partial charge on any atom is -0.480 e. The molecule has 190 valence electrons. The first kappa shape index (κ1) is 23.9. The molecule has 6 rings (SSSR count). The van der Waals surface area contributed by atoms with Crippen molar-refractivity contribution < 1.29 is 19.5 Å². The fourth-order valence-corrected chi connectivity index (χ4v) is 7.16. The number of imide groups is 1. The van der Waals surface area contributed by atoms with Crippen LogP contribution in [0.25, 0.3) is 10.8 Å². The summed E-state index contributed by atoms with van der Waals surface area (Å²) in [6, 6.07) is 20.6. The summed E-state index contributed by atoms with van der Waals surface area (Å²) in [5, 5.41) is 16.2. The number of aryl methyl sites for hydroxylation is 1. The molecule has 3 aromatic rings. The first-order valence-corrected chi connectivity index (χ1v) is 13.3. The van der Waals surface area contributed by atoms with Crippen LogP contribution in [-0.4, -0.2) is 28.4 Å². The number of amides is 2. The van der Waals surface area contributed by atoms with E-state index >= 15 is 0 Å². The van der Waals surface area contributed by atoms with E-state index in [1.54, 1.807) is 6.07 Å². The van der Waals surface area contributed by atoms with Crippen molar-refractivity contribution in [2.45, 2.75) is 57.0 Å². The predicted molar refractivity (Wildman–Crippen MR) is 142 cm³/mol. The second-order valence-electron chi connectivity index (χ2n) is 11.0. The van der Waals surface area contributed by atoms with Gasteiger partial charge in [-0.2, -0.15) is 0 Å². The summed E-state index contributed by atoms with van der Waals surface area (Å²) in [7, 11) is 0. The van der Waals surface area contributed by atoms with Crippen LogP contribution in [0, 0.1) is 24.7 Å². The summed E-state index contributed by atoms with van der Waals surface area (Å²) >= 11 is 0. The van der Waals surface area contributed by atoms with Crippen molar-refractivity contribution >= 4 is 34.2 Å². The highest BCUT2D eigenvalue weighted by molar-refractivity contribution is 6.24. The number of nitrogens with one attached hydrogen (secondary N) is 1. The van der Waals surface area contributed by atoms with E-state index in [2.05, 4.69) is 5.32 Å². The van der Waals surface area contributed by atoms with Crippen molar-refractivity contribution in [1.82, 2.24) is 5.32 Å². The van der Waals surface area contributed by atoms with Crippen LogP contribution >= 0.6 is 0 Å². The van der Waals surface area contributed by atoms with E-state index in [1.165, 1.54) is 4.90 Å². The fraction of sp³-hybridized carbons (Fsp3) is 0.387. The number of carboxylic acids is 1. The average Bonchev–Trinajstić information content (AvgIpc) is 3.38. The number of para-hydroxylation sites is 1. The Morgan fingerprint density at radius 2 is 1.65 bits per heavy atom. The molecule has 6 heteroatoms. The van der Waals surface area contributed by atoms with Gasteiger partial charge < -0.3 is 5.11 Å². The fourth-order valence-electron chi connectivity index (χ4n) is 7.16. The monoisotopic (exact) mass is 496 g/mol. The van der Waals surface area contributed by atoms with Crippen LogP contribution in [0.5, 0.6) is 0 Å². The van der Waals surface area contributed by atoms with Crippen LogP contribution in [0.4, 0.5) is 5.69 Å². The highest BCUT2D eigenvalue weighted by Gasteiger charge is 2.69. The number of hydrogen-bond donors (Lipinski definition) is 2. The molecule has 6 nitrogen and oxygen atoms in total. The molecule has 37 heavy (non-hydrogen) atoms. The van der Waals surface area contributed by atoms with Gasteiger partial charge in [-0.1, -0.05) is 92.8 Å². The van der Waals surface area contributed by atoms with Crippen LogP contribution < -0.4 is 10.2 Å². The Morgan fingerprint density at radius 3 is 2.41 bits per heavy atom. The van der Waals surface area contributed by atoms with Gasteiger partial charge in [0.25, 0.3) is 0 Å². The highest BCUT2D eigenvalue weighted by Crippen LogP contribution is 2.53. The molecule has 4 atom stereocenters. The molecular formula is C31H32N2O4. The van der Waals surface area contributed by atoms with Crippen molar-refractivity contribution in [1.29, 1.82) is 0 Å². The largest absolute Gasteiger partial charge is 0.480 e. The maximum absolute atomic E-state index is 14.2. The van der Waals surface area contributed by atoms with Gasteiger partial charge in [0.15, 0.2) is 0 Å². The summed E-state index contributed by atoms with van der Waals surface area (Å²) < 4.78 is 0. The van der Waals surface area contributed by atoms with Crippen molar-refractivity contribution in [3.05, 3.63) is 77.9 Å². The number of benzene rings is 3. The van der Waals surface area contributed by atoms with E-state index in [0.29, 0.717) is 12.1 Å². The van der Waals surface area contributed by atoms with Gasteiger partial charge in [-0.3, -0.25) is 19.7 Å². The zero-order valence-electron chi connectivity index (χ0n) is 21.0. The molecule has 3 aliphatic rings. The minimum absolute atomic E-state index is 0.208. The lowest BCUT2D eigenvalue weighted by molar-refractivity contribution is -0.150. The third-order valence-corrected chi connectivity index (χ3v) is 8.89. The lowest BCUT2D eigenvalue weighted by atomic mass is 9.72. The molecule has 0 radical (unpaired) electrons. The molecule has 3 aromatic carbocycles. The second-order valence-corrected chi connectivity index (χ2v) is 11.0. The van der Waals surface area contributed by atoms with E-state index in [1.807, 2.05) is 67.6 Å². The quantitative estimate of drug-likeness (QED) is 0.463. The number of rotatable bonds is 5. The molecule has 2 saturated heterocycles. The molecule has 2 amide bonds. The number of carboxylic acid groups (broad SMARTS) is 1. The zero-order chi connectivity index (χ0) is 25.7. The van der Waals surface area contributed by atoms with E-state index in [4.69, 9.17) is 0 Å². The van der Waals surface area contributed by atoms with Gasteiger partial charge in [0, 0.05) is 6.04 Å². The molecule has 0 bridgehead atoms. The second kappa shape index (κ2) is 9.10. The van der Waals surface area contributed by atoms with Gasteiger partial charge in [-0.15, -0.1) is 0 Å². The molecule has 3 fully saturated rings. The number of fused-ring (bicyclic) bond motifs is 2. The third-order valence-electron chi connectivity index (χ3n) is 8.89. The maximum Gasteiger partial charge on any atom is 0.324 e. The number of nitrogens with zero attached hydrogens (tertiary/aromatic N) is 1. The smallest absolute Gasteiger partial charge is 0.324 e. The first-order chi connectivity index (χ1) is 17.9. The Balaban J connectivity index is 1.52. The van der Waals surface area contributed by atoms with Crippen molar-refractivity contribution in [3.8, 4) is 0 Å². The molecule has 1 aliphatic carbocycles. The van der Waals surface area contributed by atoms with E-state index in [0.717, 1.165) is 54.0 Å². The van der Waals surface area contributed by atoms with Crippen LogP contribution in [0.1, 0.15) is 55.7 Å². The first-order valence-electron chi connectivity index (χ1n) is 13.3. The van der Waals surface area contributed by atoms with Gasteiger partial charge in [0.05, 0.1) is 17.5 Å². The maximum atomic E-state index is 14.2. The number of hydrogen-bond acceptors (Lipinski definition) is 4. The lowest BCUT2D eigenvalue weighted by Gasteiger charge is -2.35. The van der Waals surface area contributed by atoms with Crippen molar-refractivity contribution in [3.63, 3.8) is 0 Å². The van der Waals surface area contributed by atoms with Gasteiger partial charge >= 0.3 is 5.97 Å².